The number of anilines is 1. The van der Waals surface area contributed by atoms with Crippen LogP contribution < -0.4 is 5.73 Å². The minimum Gasteiger partial charge on any atom is -0.399 e. The van der Waals surface area contributed by atoms with Gasteiger partial charge in [-0.1, -0.05) is 24.3 Å². The van der Waals surface area contributed by atoms with Crippen molar-refractivity contribution in [1.82, 2.24) is 4.90 Å². The molecule has 2 N–H and O–H groups in total. The Morgan fingerprint density at radius 3 is 2.94 bits per heavy atom. The fourth-order valence-corrected chi connectivity index (χ4v) is 2.03. The number of benzene rings is 1. The molecule has 1 heterocycles. The topological polar surface area (TPSA) is 46.3 Å². The van der Waals surface area contributed by atoms with Gasteiger partial charge in [-0.25, -0.2) is 0 Å². The van der Waals surface area contributed by atoms with Crippen molar-refractivity contribution in [3.63, 3.8) is 0 Å². The van der Waals surface area contributed by atoms with Crippen molar-refractivity contribution in [1.29, 1.82) is 0 Å². The molecule has 17 heavy (non-hydrogen) atoms. The molecular formula is C14H18N2O. The second-order valence-electron chi connectivity index (χ2n) is 4.34. The van der Waals surface area contributed by atoms with E-state index in [0.717, 1.165) is 37.2 Å². The van der Waals surface area contributed by atoms with Gasteiger partial charge in [-0.2, -0.15) is 0 Å². The lowest BCUT2D eigenvalue weighted by atomic mass is 10.1. The van der Waals surface area contributed by atoms with Crippen molar-refractivity contribution in [3.05, 3.63) is 42.0 Å². The Balaban J connectivity index is 1.85. The molecule has 0 aromatic heterocycles. The van der Waals surface area contributed by atoms with E-state index < -0.39 is 0 Å². The van der Waals surface area contributed by atoms with Crippen LogP contribution in [0.25, 0.3) is 0 Å². The molecule has 1 aromatic rings. The monoisotopic (exact) mass is 230 g/mol. The number of carbonyl (C=O) groups excluding carboxylic acids is 1. The van der Waals surface area contributed by atoms with E-state index in [1.54, 1.807) is 0 Å². The van der Waals surface area contributed by atoms with E-state index in [1.165, 1.54) is 0 Å². The maximum absolute atomic E-state index is 11.9. The molecule has 1 amide bonds. The predicted molar refractivity (Wildman–Crippen MR) is 69.5 cm³/mol. The molecule has 0 spiro atoms. The molecule has 1 aliphatic heterocycles. The number of aryl methyl sites for hydroxylation is 1. The van der Waals surface area contributed by atoms with E-state index >= 15 is 0 Å². The van der Waals surface area contributed by atoms with Gasteiger partial charge in [-0.3, -0.25) is 4.79 Å². The first kappa shape index (κ1) is 11.7. The van der Waals surface area contributed by atoms with E-state index in [1.807, 2.05) is 29.2 Å². The summed E-state index contributed by atoms with van der Waals surface area (Å²) in [4.78, 5) is 13.8. The molecule has 90 valence electrons. The van der Waals surface area contributed by atoms with Crippen molar-refractivity contribution in [2.24, 2.45) is 0 Å². The number of nitrogens with two attached hydrogens (primary N) is 1. The quantitative estimate of drug-likeness (QED) is 0.637. The standard InChI is InChI=1S/C14H18N2O/c15-13-6-4-5-12(11-13)7-8-14(17)16-9-2-1-3-10-16/h1-2,4-6,11H,3,7-10,15H2. The summed E-state index contributed by atoms with van der Waals surface area (Å²) in [5.74, 6) is 0.233. The molecule has 3 heteroatoms. The number of hydrogen-bond acceptors (Lipinski definition) is 2. The summed E-state index contributed by atoms with van der Waals surface area (Å²) in [6, 6.07) is 7.74. The largest absolute Gasteiger partial charge is 0.399 e. The van der Waals surface area contributed by atoms with Gasteiger partial charge < -0.3 is 10.6 Å². The lowest BCUT2D eigenvalue weighted by Gasteiger charge is -2.23. The van der Waals surface area contributed by atoms with Crippen LogP contribution in [0.5, 0.6) is 0 Å². The first-order valence-electron chi connectivity index (χ1n) is 6.03. The Labute approximate surface area is 102 Å². The number of rotatable bonds is 3. The zero-order valence-corrected chi connectivity index (χ0v) is 9.93. The van der Waals surface area contributed by atoms with Gasteiger partial charge in [-0.15, -0.1) is 0 Å². The fraction of sp³-hybridized carbons (Fsp3) is 0.357. The smallest absolute Gasteiger partial charge is 0.223 e. The Morgan fingerprint density at radius 2 is 2.24 bits per heavy atom. The molecule has 0 saturated heterocycles. The van der Waals surface area contributed by atoms with Crippen LogP contribution in [0.15, 0.2) is 36.4 Å². The van der Waals surface area contributed by atoms with Crippen LogP contribution in [0, 0.1) is 0 Å². The van der Waals surface area contributed by atoms with Gasteiger partial charge in [0.1, 0.15) is 0 Å². The molecule has 0 saturated carbocycles. The molecular weight excluding hydrogens is 212 g/mol. The van der Waals surface area contributed by atoms with E-state index in [2.05, 4.69) is 12.2 Å². The van der Waals surface area contributed by atoms with Gasteiger partial charge in [0.15, 0.2) is 0 Å². The summed E-state index contributed by atoms with van der Waals surface area (Å²) in [5, 5.41) is 0. The maximum atomic E-state index is 11.9. The molecule has 1 aliphatic rings. The average molecular weight is 230 g/mol. The Bertz CT molecular complexity index is 426. The van der Waals surface area contributed by atoms with Gasteiger partial charge in [0.2, 0.25) is 5.91 Å². The number of nitrogens with zero attached hydrogens (tertiary/aromatic N) is 1. The average Bonchev–Trinajstić information content (AvgIpc) is 2.37. The van der Waals surface area contributed by atoms with Crippen LogP contribution in [-0.4, -0.2) is 23.9 Å². The van der Waals surface area contributed by atoms with Crippen LogP contribution in [0.3, 0.4) is 0 Å². The second-order valence-corrected chi connectivity index (χ2v) is 4.34. The summed E-state index contributed by atoms with van der Waals surface area (Å²) in [5.41, 5.74) is 7.59. The third kappa shape index (κ3) is 3.34. The first-order chi connectivity index (χ1) is 8.25. The highest BCUT2D eigenvalue weighted by Crippen LogP contribution is 2.11. The summed E-state index contributed by atoms with van der Waals surface area (Å²) in [6.45, 7) is 1.61. The molecule has 0 radical (unpaired) electrons. The molecule has 0 unspecified atom stereocenters. The van der Waals surface area contributed by atoms with E-state index in [9.17, 15) is 4.79 Å². The van der Waals surface area contributed by atoms with Gasteiger partial charge in [0.25, 0.3) is 0 Å². The third-order valence-electron chi connectivity index (χ3n) is 2.99. The van der Waals surface area contributed by atoms with Gasteiger partial charge in [0.05, 0.1) is 0 Å². The number of nitrogen functional groups attached to an aromatic ring is 1. The highest BCUT2D eigenvalue weighted by Gasteiger charge is 2.13. The van der Waals surface area contributed by atoms with E-state index in [-0.39, 0.29) is 5.91 Å². The third-order valence-corrected chi connectivity index (χ3v) is 2.99. The van der Waals surface area contributed by atoms with E-state index in [0.29, 0.717) is 6.42 Å². The zero-order chi connectivity index (χ0) is 12.1. The fourth-order valence-electron chi connectivity index (χ4n) is 2.03. The van der Waals surface area contributed by atoms with Gasteiger partial charge >= 0.3 is 0 Å². The maximum Gasteiger partial charge on any atom is 0.223 e. The molecule has 1 aromatic carbocycles. The van der Waals surface area contributed by atoms with Crippen molar-refractivity contribution in [2.45, 2.75) is 19.3 Å². The minimum atomic E-state index is 0.233. The van der Waals surface area contributed by atoms with Crippen LogP contribution in [0.1, 0.15) is 18.4 Å². The zero-order valence-electron chi connectivity index (χ0n) is 9.93. The van der Waals surface area contributed by atoms with Gasteiger partial charge in [0, 0.05) is 25.2 Å². The highest BCUT2D eigenvalue weighted by atomic mass is 16.2. The lowest BCUT2D eigenvalue weighted by molar-refractivity contribution is -0.130. The molecule has 0 atom stereocenters. The number of hydrogen-bond donors (Lipinski definition) is 1. The summed E-state index contributed by atoms with van der Waals surface area (Å²) >= 11 is 0. The Kier molecular flexibility index (Phi) is 3.81. The van der Waals surface area contributed by atoms with Gasteiger partial charge in [-0.05, 0) is 30.5 Å². The van der Waals surface area contributed by atoms with Crippen molar-refractivity contribution < 1.29 is 4.79 Å². The predicted octanol–water partition coefficient (Wildman–Crippen LogP) is 1.99. The number of amides is 1. The van der Waals surface area contributed by atoms with Crippen LogP contribution in [0.4, 0.5) is 5.69 Å². The summed E-state index contributed by atoms with van der Waals surface area (Å²) in [7, 11) is 0. The molecule has 0 aliphatic carbocycles. The molecule has 0 fully saturated rings. The van der Waals surface area contributed by atoms with Crippen molar-refractivity contribution >= 4 is 11.6 Å². The summed E-state index contributed by atoms with van der Waals surface area (Å²) in [6.07, 6.45) is 6.50. The normalized spacial score (nSPS) is 14.9. The van der Waals surface area contributed by atoms with E-state index in [4.69, 9.17) is 5.73 Å². The number of carbonyl (C=O) groups is 1. The van der Waals surface area contributed by atoms with Crippen LogP contribution in [-0.2, 0) is 11.2 Å². The van der Waals surface area contributed by atoms with Crippen molar-refractivity contribution in [3.8, 4) is 0 Å². The Morgan fingerprint density at radius 1 is 1.35 bits per heavy atom. The van der Waals surface area contributed by atoms with Crippen LogP contribution in [0.2, 0.25) is 0 Å². The van der Waals surface area contributed by atoms with Crippen molar-refractivity contribution in [2.75, 3.05) is 18.8 Å². The lowest BCUT2D eigenvalue weighted by Crippen LogP contribution is -2.33. The highest BCUT2D eigenvalue weighted by molar-refractivity contribution is 5.76. The molecule has 0 bridgehead atoms. The SMILES string of the molecule is Nc1cccc(CCC(=O)N2CC=CCC2)c1. The molecule has 3 nitrogen and oxygen atoms in total. The van der Waals surface area contributed by atoms with Crippen LogP contribution >= 0.6 is 0 Å². The summed E-state index contributed by atoms with van der Waals surface area (Å²) < 4.78 is 0. The Hall–Kier alpha value is -1.77. The minimum absolute atomic E-state index is 0.233. The second kappa shape index (κ2) is 5.53. The first-order valence-corrected chi connectivity index (χ1v) is 6.03. The molecule has 2 rings (SSSR count).